The van der Waals surface area contributed by atoms with E-state index in [2.05, 4.69) is 0 Å². The van der Waals surface area contributed by atoms with E-state index in [4.69, 9.17) is 27.6 Å². The summed E-state index contributed by atoms with van der Waals surface area (Å²) < 4.78 is 41.7. The van der Waals surface area contributed by atoms with Gasteiger partial charge in [0.05, 0.1) is 0 Å². The second kappa shape index (κ2) is 23.9. The molecule has 3 N–H and O–H groups in total. The molecule has 0 unspecified atom stereocenters. The first-order valence-electron chi connectivity index (χ1n) is 3.30. The Hall–Kier alpha value is 0.457. The van der Waals surface area contributed by atoms with E-state index in [-0.39, 0.29) is 0 Å². The van der Waals surface area contributed by atoms with Gasteiger partial charge in [-0.15, -0.1) is 0 Å². The third-order valence-corrected chi connectivity index (χ3v) is 0. The monoisotopic (exact) mass is 567 g/mol. The van der Waals surface area contributed by atoms with Gasteiger partial charge in [-0.05, 0) is 0 Å². The molecule has 0 aromatic heterocycles. The maximum absolute atomic E-state index is 8.72. The summed E-state index contributed by atoms with van der Waals surface area (Å²) >= 11 is -6.28. The van der Waals surface area contributed by atoms with Crippen molar-refractivity contribution in [2.75, 3.05) is 0 Å². The van der Waals surface area contributed by atoms with Gasteiger partial charge in [-0.1, -0.05) is 0 Å². The Morgan fingerprint density at radius 1 is 0.933 bits per heavy atom. The fraction of sp³-hybridized carbons (Fsp3) is 0.667. The summed E-state index contributed by atoms with van der Waals surface area (Å²) in [7, 11) is 0. The molecule has 0 aliphatic heterocycles. The van der Waals surface area contributed by atoms with Crippen LogP contribution < -0.4 is 0 Å². The first-order valence-corrected chi connectivity index (χ1v) is 9.40. The van der Waals surface area contributed by atoms with Crippen LogP contribution in [0.4, 0.5) is 0 Å². The molecule has 9 heteroatoms. The van der Waals surface area contributed by atoms with Crippen molar-refractivity contribution in [1.82, 2.24) is 0 Å². The molecule has 0 aliphatic carbocycles. The fourth-order valence-electron chi connectivity index (χ4n) is 0. The van der Waals surface area contributed by atoms with Gasteiger partial charge in [-0.3, -0.25) is 0 Å². The van der Waals surface area contributed by atoms with E-state index >= 15 is 0 Å². The first kappa shape index (κ1) is 24.6. The summed E-state index contributed by atoms with van der Waals surface area (Å²) in [5.41, 5.74) is 0. The van der Waals surface area contributed by atoms with Gasteiger partial charge in [0.25, 0.3) is 0 Å². The van der Waals surface area contributed by atoms with Crippen LogP contribution in [-0.2, 0) is 49.7 Å². The average molecular weight is 567 g/mol. The maximum atomic E-state index is 8.72. The zero-order chi connectivity index (χ0) is 13.4. The molecule has 0 fully saturated rings. The summed E-state index contributed by atoms with van der Waals surface area (Å²) in [6, 6.07) is 0. The van der Waals surface area contributed by atoms with Crippen LogP contribution in [0.5, 0.6) is 0 Å². The van der Waals surface area contributed by atoms with Crippen molar-refractivity contribution in [3.8, 4) is 0 Å². The molecule has 0 radical (unpaired) electrons. The van der Waals surface area contributed by atoms with Gasteiger partial charge in [-0.2, -0.15) is 27.7 Å². The second-order valence-corrected chi connectivity index (χ2v) is 4.23. The van der Waals surface area contributed by atoms with E-state index in [1.165, 1.54) is 0 Å². The van der Waals surface area contributed by atoms with Crippen molar-refractivity contribution in [3.05, 3.63) is 12.2 Å². The van der Waals surface area contributed by atoms with Crippen molar-refractivity contribution in [1.29, 1.82) is 0 Å². The molecule has 15 heavy (non-hydrogen) atoms. The minimum absolute atomic E-state index is 0.417. The molecule has 0 spiro atoms. The minimum atomic E-state index is -4.03. The van der Waals surface area contributed by atoms with Crippen molar-refractivity contribution < 1.29 is 63.7 Å². The molecule has 95 valence electrons. The second-order valence-electron chi connectivity index (χ2n) is 2.18. The molecule has 0 amide bonds. The van der Waals surface area contributed by atoms with E-state index in [1.807, 2.05) is 0 Å². The Bertz CT molecular complexity index is 174. The third kappa shape index (κ3) is 10800. The van der Waals surface area contributed by atoms with E-state index in [0.29, 0.717) is 12.2 Å². The zero-order valence-electron chi connectivity index (χ0n) is 8.79. The van der Waals surface area contributed by atoms with E-state index < -0.39 is 36.1 Å². The van der Waals surface area contributed by atoms with Crippen LogP contribution in [0.2, 0.25) is 0 Å². The molecule has 0 atom stereocenters. The Morgan fingerprint density at radius 3 is 0.933 bits per heavy atom. The predicted molar refractivity (Wildman–Crippen MR) is 38.0 cm³/mol. The average Bonchev–Trinajstić information content (AvgIpc) is 1.81. The molecule has 0 aromatic carbocycles. The Balaban J connectivity index is -0.0000000542. The number of rotatable bonds is 0. The predicted octanol–water partition coefficient (Wildman–Crippen LogP) is 0.824. The van der Waals surface area contributed by atoms with Gasteiger partial charge in [0.2, 0.25) is 0 Å². The van der Waals surface area contributed by atoms with Gasteiger partial charge >= 0.3 is 53.5 Å². The summed E-state index contributed by atoms with van der Waals surface area (Å²) in [6.45, 7) is 6.56. The standard InChI is InChI=1S/2C3H7O.H2O.4O.2W/c2*1-3(2)4;;;;;;;/h2*4H,1-2H3;1H2;;;;;;/q2*-1;;;;;;;+1/p-1. The quantitative estimate of drug-likeness (QED) is 0.370. The molecule has 0 rings (SSSR count). The molecular formula is C6H15O7W2-2. The molecule has 0 aliphatic rings. The normalized spacial score (nSPS) is 7.27. The summed E-state index contributed by atoms with van der Waals surface area (Å²) in [5, 5.41) is 15.9. The number of hydrogen-bond acceptors (Lipinski definition) is 6. The third-order valence-electron chi connectivity index (χ3n) is 0. The van der Waals surface area contributed by atoms with Crippen LogP contribution in [0.25, 0.3) is 0 Å². The summed E-state index contributed by atoms with van der Waals surface area (Å²) in [5.74, 6) is 0. The van der Waals surface area contributed by atoms with Crippen LogP contribution in [-0.4, -0.2) is 14.0 Å². The van der Waals surface area contributed by atoms with E-state index in [1.54, 1.807) is 27.7 Å². The van der Waals surface area contributed by atoms with Crippen molar-refractivity contribution in [2.24, 2.45) is 0 Å². The van der Waals surface area contributed by atoms with E-state index in [0.717, 1.165) is 0 Å². The zero-order valence-corrected chi connectivity index (χ0v) is 14.7. The van der Waals surface area contributed by atoms with E-state index in [9.17, 15) is 0 Å². The molecule has 0 saturated heterocycles. The van der Waals surface area contributed by atoms with Crippen LogP contribution >= 0.6 is 0 Å². The van der Waals surface area contributed by atoms with Crippen molar-refractivity contribution in [3.63, 3.8) is 0 Å². The Labute approximate surface area is 103 Å². The molecule has 0 heterocycles. The number of hydrogen-bond donors (Lipinski definition) is 3. The van der Waals surface area contributed by atoms with Crippen LogP contribution in [0, 0.1) is 12.2 Å². The molecule has 7 nitrogen and oxygen atoms in total. The number of aliphatic hydroxyl groups excluding tert-OH is 2. The Morgan fingerprint density at radius 2 is 0.933 bits per heavy atom. The molecule has 0 saturated carbocycles. The SMILES string of the molecule is C[C-](C)O.C[C-](C)O.[O]=[W](=[O])[OH].[O]=[W]=[O]. The fourth-order valence-corrected chi connectivity index (χ4v) is 0. The summed E-state index contributed by atoms with van der Waals surface area (Å²) in [6.07, 6.45) is 0.833. The van der Waals surface area contributed by atoms with Gasteiger partial charge in [-0.25, -0.2) is 12.2 Å². The van der Waals surface area contributed by atoms with Gasteiger partial charge < -0.3 is 10.2 Å². The van der Waals surface area contributed by atoms with Crippen molar-refractivity contribution in [2.45, 2.75) is 27.7 Å². The molecule has 0 aromatic rings. The summed E-state index contributed by atoms with van der Waals surface area (Å²) in [4.78, 5) is 0. The molecule has 0 bridgehead atoms. The van der Waals surface area contributed by atoms with Gasteiger partial charge in [0.1, 0.15) is 0 Å². The topological polar surface area (TPSA) is 129 Å². The van der Waals surface area contributed by atoms with Crippen LogP contribution in [0.15, 0.2) is 0 Å². The van der Waals surface area contributed by atoms with Crippen LogP contribution in [0.3, 0.4) is 0 Å². The Kier molecular flexibility index (Phi) is 39.3. The van der Waals surface area contributed by atoms with Crippen molar-refractivity contribution >= 4 is 0 Å². The van der Waals surface area contributed by atoms with Gasteiger partial charge in [0.15, 0.2) is 0 Å². The van der Waals surface area contributed by atoms with Gasteiger partial charge in [0, 0.05) is 0 Å². The molecular weight excluding hydrogens is 552 g/mol. The first-order chi connectivity index (χ1) is 6.61. The van der Waals surface area contributed by atoms with Crippen LogP contribution in [0.1, 0.15) is 27.7 Å². The number of aliphatic hydroxyl groups is 2.